The fourth-order valence-corrected chi connectivity index (χ4v) is 3.78. The molecule has 2 amide bonds. The molecule has 1 N–H and O–H groups in total. The van der Waals surface area contributed by atoms with Crippen molar-refractivity contribution in [2.24, 2.45) is 0 Å². The molecule has 2 rings (SSSR count). The maximum atomic E-state index is 13.3. The monoisotopic (exact) mass is 492 g/mol. The molecule has 0 spiro atoms. The van der Waals surface area contributed by atoms with Crippen molar-refractivity contribution in [3.8, 4) is 5.75 Å². The smallest absolute Gasteiger partial charge is 0.261 e. The van der Waals surface area contributed by atoms with Crippen LogP contribution in [0.1, 0.15) is 59.1 Å². The van der Waals surface area contributed by atoms with E-state index in [-0.39, 0.29) is 36.4 Å². The van der Waals surface area contributed by atoms with Crippen molar-refractivity contribution >= 4 is 35.0 Å². The lowest BCUT2D eigenvalue weighted by Crippen LogP contribution is -2.50. The fourth-order valence-electron chi connectivity index (χ4n) is 3.32. The molecule has 0 aliphatic rings. The molecule has 0 saturated carbocycles. The molecule has 0 fully saturated rings. The number of amides is 2. The maximum Gasteiger partial charge on any atom is 0.261 e. The molecule has 2 aromatic rings. The Kier molecular flexibility index (Phi) is 9.62. The Morgan fingerprint density at radius 1 is 1.09 bits per heavy atom. The third-order valence-electron chi connectivity index (χ3n) is 5.57. The lowest BCUT2D eigenvalue weighted by atomic mass is 9.86. The van der Waals surface area contributed by atoms with Crippen molar-refractivity contribution in [3.63, 3.8) is 0 Å². The summed E-state index contributed by atoms with van der Waals surface area (Å²) in [6.07, 6.45) is 0.794. The first-order chi connectivity index (χ1) is 15.4. The number of para-hydroxylation sites is 1. The van der Waals surface area contributed by atoms with E-state index in [9.17, 15) is 9.59 Å². The van der Waals surface area contributed by atoms with Crippen LogP contribution in [0.5, 0.6) is 5.75 Å². The van der Waals surface area contributed by atoms with Crippen molar-refractivity contribution in [2.45, 2.75) is 72.0 Å². The molecule has 2 atom stereocenters. The van der Waals surface area contributed by atoms with Crippen LogP contribution in [0.25, 0.3) is 0 Å². The van der Waals surface area contributed by atoms with Gasteiger partial charge in [0.2, 0.25) is 5.91 Å². The Hall–Kier alpha value is -2.24. The van der Waals surface area contributed by atoms with E-state index in [1.54, 1.807) is 25.1 Å². The van der Waals surface area contributed by atoms with Gasteiger partial charge in [-0.3, -0.25) is 9.59 Å². The standard InChI is InChI=1S/C26H34Cl2N2O3/c1-7-17(2)29-25(32)18(3)30(15-19-12-13-20(27)14-22(19)28)24(31)16-33-23-11-9-8-10-21(23)26(4,5)6/h8-14,17-18H,7,15-16H2,1-6H3,(H,29,32)/t17-,18+/m0/s1. The van der Waals surface area contributed by atoms with Crippen molar-refractivity contribution < 1.29 is 14.3 Å². The van der Waals surface area contributed by atoms with Crippen LogP contribution in [-0.4, -0.2) is 35.4 Å². The summed E-state index contributed by atoms with van der Waals surface area (Å²) >= 11 is 12.4. The minimum atomic E-state index is -0.709. The number of nitrogens with one attached hydrogen (secondary N) is 1. The molecule has 2 aromatic carbocycles. The molecule has 0 aromatic heterocycles. The lowest BCUT2D eigenvalue weighted by Gasteiger charge is -2.30. The van der Waals surface area contributed by atoms with Gasteiger partial charge in [-0.15, -0.1) is 0 Å². The highest BCUT2D eigenvalue weighted by Gasteiger charge is 2.28. The summed E-state index contributed by atoms with van der Waals surface area (Å²) in [6, 6.07) is 12.1. The fraction of sp³-hybridized carbons (Fsp3) is 0.462. The molecular weight excluding hydrogens is 459 g/mol. The quantitative estimate of drug-likeness (QED) is 0.466. The van der Waals surface area contributed by atoms with E-state index in [0.29, 0.717) is 21.4 Å². The predicted octanol–water partition coefficient (Wildman–Crippen LogP) is 6.00. The third-order valence-corrected chi connectivity index (χ3v) is 6.16. The van der Waals surface area contributed by atoms with Crippen molar-refractivity contribution in [1.29, 1.82) is 0 Å². The maximum absolute atomic E-state index is 13.3. The number of nitrogens with zero attached hydrogens (tertiary/aromatic N) is 1. The van der Waals surface area contributed by atoms with Crippen LogP contribution >= 0.6 is 23.2 Å². The van der Waals surface area contributed by atoms with Gasteiger partial charge in [-0.2, -0.15) is 0 Å². The Balaban J connectivity index is 2.27. The van der Waals surface area contributed by atoms with E-state index in [1.807, 2.05) is 38.1 Å². The lowest BCUT2D eigenvalue weighted by molar-refractivity contribution is -0.142. The SMILES string of the molecule is CC[C@H](C)NC(=O)[C@@H](C)N(Cc1ccc(Cl)cc1Cl)C(=O)COc1ccccc1C(C)(C)C. The van der Waals surface area contributed by atoms with Gasteiger partial charge in [0.25, 0.3) is 5.91 Å². The number of carbonyl (C=O) groups is 2. The molecule has 0 unspecified atom stereocenters. The van der Waals surface area contributed by atoms with E-state index >= 15 is 0 Å². The molecular formula is C26H34Cl2N2O3. The minimum Gasteiger partial charge on any atom is -0.483 e. The highest BCUT2D eigenvalue weighted by atomic mass is 35.5. The number of hydrogen-bond donors (Lipinski definition) is 1. The van der Waals surface area contributed by atoms with Crippen LogP contribution in [0.3, 0.4) is 0 Å². The first-order valence-electron chi connectivity index (χ1n) is 11.2. The van der Waals surface area contributed by atoms with Crippen LogP contribution in [0.4, 0.5) is 0 Å². The normalized spacial score (nSPS) is 13.2. The van der Waals surface area contributed by atoms with Gasteiger partial charge in [0, 0.05) is 22.6 Å². The summed E-state index contributed by atoms with van der Waals surface area (Å²) in [7, 11) is 0. The van der Waals surface area contributed by atoms with Crippen molar-refractivity contribution in [1.82, 2.24) is 10.2 Å². The van der Waals surface area contributed by atoms with E-state index < -0.39 is 6.04 Å². The van der Waals surface area contributed by atoms with Crippen LogP contribution in [0, 0.1) is 0 Å². The predicted molar refractivity (Wildman–Crippen MR) is 135 cm³/mol. The molecule has 0 radical (unpaired) electrons. The zero-order chi connectivity index (χ0) is 24.8. The van der Waals surface area contributed by atoms with Gasteiger partial charge in [0.05, 0.1) is 0 Å². The summed E-state index contributed by atoms with van der Waals surface area (Å²) in [5.41, 5.74) is 1.57. The van der Waals surface area contributed by atoms with Crippen molar-refractivity contribution in [2.75, 3.05) is 6.61 Å². The second kappa shape index (κ2) is 11.8. The van der Waals surface area contributed by atoms with Gasteiger partial charge in [-0.05, 0) is 55.0 Å². The molecule has 5 nitrogen and oxygen atoms in total. The van der Waals surface area contributed by atoms with E-state index in [0.717, 1.165) is 12.0 Å². The Morgan fingerprint density at radius 3 is 2.36 bits per heavy atom. The minimum absolute atomic E-state index is 0.00549. The second-order valence-corrected chi connectivity index (χ2v) is 10.1. The largest absolute Gasteiger partial charge is 0.483 e. The summed E-state index contributed by atoms with van der Waals surface area (Å²) in [5, 5.41) is 3.89. The summed E-state index contributed by atoms with van der Waals surface area (Å²) in [6.45, 7) is 11.9. The average molecular weight is 493 g/mol. The zero-order valence-electron chi connectivity index (χ0n) is 20.2. The first-order valence-corrected chi connectivity index (χ1v) is 12.0. The molecule has 0 saturated heterocycles. The summed E-state index contributed by atoms with van der Waals surface area (Å²) in [5.74, 6) is 0.119. The Labute approximate surface area is 207 Å². The molecule has 0 bridgehead atoms. The Bertz CT molecular complexity index is 972. The molecule has 0 aliphatic carbocycles. The highest BCUT2D eigenvalue weighted by molar-refractivity contribution is 6.35. The van der Waals surface area contributed by atoms with Crippen LogP contribution < -0.4 is 10.1 Å². The number of ether oxygens (including phenoxy) is 1. The van der Waals surface area contributed by atoms with E-state index in [2.05, 4.69) is 26.1 Å². The van der Waals surface area contributed by atoms with Gasteiger partial charge < -0.3 is 15.0 Å². The third kappa shape index (κ3) is 7.65. The number of rotatable bonds is 9. The van der Waals surface area contributed by atoms with Gasteiger partial charge in [-0.25, -0.2) is 0 Å². The highest BCUT2D eigenvalue weighted by Crippen LogP contribution is 2.31. The number of carbonyl (C=O) groups excluding carboxylic acids is 2. The molecule has 0 aliphatic heterocycles. The van der Waals surface area contributed by atoms with E-state index in [1.165, 1.54) is 4.90 Å². The van der Waals surface area contributed by atoms with Gasteiger partial charge in [-0.1, -0.05) is 75.2 Å². The molecule has 0 heterocycles. The number of hydrogen-bond acceptors (Lipinski definition) is 3. The Morgan fingerprint density at radius 2 is 1.76 bits per heavy atom. The first kappa shape index (κ1) is 27.0. The van der Waals surface area contributed by atoms with Gasteiger partial charge in [0.1, 0.15) is 11.8 Å². The van der Waals surface area contributed by atoms with Crippen LogP contribution in [0.2, 0.25) is 10.0 Å². The van der Waals surface area contributed by atoms with Crippen molar-refractivity contribution in [3.05, 3.63) is 63.6 Å². The zero-order valence-corrected chi connectivity index (χ0v) is 21.8. The summed E-state index contributed by atoms with van der Waals surface area (Å²) in [4.78, 5) is 27.7. The average Bonchev–Trinajstić information content (AvgIpc) is 2.75. The molecule has 7 heteroatoms. The van der Waals surface area contributed by atoms with Gasteiger partial charge >= 0.3 is 0 Å². The van der Waals surface area contributed by atoms with Gasteiger partial charge in [0.15, 0.2) is 6.61 Å². The molecule has 33 heavy (non-hydrogen) atoms. The number of halogens is 2. The van der Waals surface area contributed by atoms with Crippen LogP contribution in [0.15, 0.2) is 42.5 Å². The second-order valence-electron chi connectivity index (χ2n) is 9.29. The summed E-state index contributed by atoms with van der Waals surface area (Å²) < 4.78 is 5.95. The molecule has 180 valence electrons. The van der Waals surface area contributed by atoms with Crippen LogP contribution in [-0.2, 0) is 21.5 Å². The topological polar surface area (TPSA) is 58.6 Å². The van der Waals surface area contributed by atoms with E-state index in [4.69, 9.17) is 27.9 Å². The number of benzene rings is 2.